The molecule has 11 rings (SSSR count). The third kappa shape index (κ3) is 3.15. The first-order valence-electron chi connectivity index (χ1n) is 15.6. The van der Waals surface area contributed by atoms with E-state index in [0.29, 0.717) is 0 Å². The second-order valence-electron chi connectivity index (χ2n) is 12.1. The van der Waals surface area contributed by atoms with Gasteiger partial charge in [0.25, 0.3) is 0 Å². The fourth-order valence-corrected chi connectivity index (χ4v) is 10.2. The molecule has 4 heteroatoms. The highest BCUT2D eigenvalue weighted by Gasteiger charge is 2.23. The van der Waals surface area contributed by atoms with Gasteiger partial charge in [-0.3, -0.25) is 0 Å². The smallest absolute Gasteiger partial charge is 0.0641 e. The van der Waals surface area contributed by atoms with Crippen LogP contribution in [0.2, 0.25) is 0 Å². The summed E-state index contributed by atoms with van der Waals surface area (Å²) in [4.78, 5) is 0. The summed E-state index contributed by atoms with van der Waals surface area (Å²) in [5, 5.41) is 10.4. The van der Waals surface area contributed by atoms with E-state index < -0.39 is 0 Å². The lowest BCUT2D eigenvalue weighted by Crippen LogP contribution is -1.96. The second-order valence-corrected chi connectivity index (χ2v) is 14.2. The molecule has 214 valence electrons. The van der Waals surface area contributed by atoms with E-state index in [-0.39, 0.29) is 0 Å². The van der Waals surface area contributed by atoms with E-state index >= 15 is 0 Å². The molecule has 0 atom stereocenters. The summed E-state index contributed by atoms with van der Waals surface area (Å²) in [6.45, 7) is 0. The van der Waals surface area contributed by atoms with E-state index in [1.54, 1.807) is 0 Å². The minimum Gasteiger partial charge on any atom is -0.308 e. The van der Waals surface area contributed by atoms with Gasteiger partial charge in [0.1, 0.15) is 0 Å². The lowest BCUT2D eigenvalue weighted by molar-refractivity contribution is 1.19. The Hall–Kier alpha value is -5.42. The van der Waals surface area contributed by atoms with Crippen LogP contribution in [0.3, 0.4) is 0 Å². The van der Waals surface area contributed by atoms with Gasteiger partial charge in [-0.15, -0.1) is 22.7 Å². The van der Waals surface area contributed by atoms with E-state index in [2.05, 4.69) is 155 Å². The second kappa shape index (κ2) is 9.07. The summed E-state index contributed by atoms with van der Waals surface area (Å²) < 4.78 is 10.3. The molecule has 0 radical (unpaired) electrons. The van der Waals surface area contributed by atoms with Gasteiger partial charge in [0.15, 0.2) is 0 Å². The number of nitrogens with zero attached hydrogens (tertiary/aromatic N) is 2. The summed E-state index contributed by atoms with van der Waals surface area (Å²) in [6, 6.07) is 53.8. The van der Waals surface area contributed by atoms with Crippen LogP contribution in [0.4, 0.5) is 0 Å². The van der Waals surface area contributed by atoms with Gasteiger partial charge in [-0.25, -0.2) is 0 Å². The molecule has 0 N–H and O–H groups in total. The number of hydrogen-bond acceptors (Lipinski definition) is 2. The molecule has 0 aliphatic rings. The van der Waals surface area contributed by atoms with Gasteiger partial charge in [-0.1, -0.05) is 97.1 Å². The number of hydrogen-bond donors (Lipinski definition) is 0. The zero-order chi connectivity index (χ0) is 29.9. The van der Waals surface area contributed by atoms with Crippen LogP contribution in [-0.2, 0) is 0 Å². The van der Waals surface area contributed by atoms with E-state index in [1.807, 2.05) is 22.7 Å². The van der Waals surface area contributed by atoms with Gasteiger partial charge in [-0.2, -0.15) is 0 Å². The Bertz CT molecular complexity index is 3040. The lowest BCUT2D eigenvalue weighted by atomic mass is 10.1. The first-order chi connectivity index (χ1) is 22.8. The summed E-state index contributed by atoms with van der Waals surface area (Å²) in [5.41, 5.74) is 7.42. The Morgan fingerprint density at radius 3 is 1.78 bits per heavy atom. The maximum atomic E-state index is 2.54. The largest absolute Gasteiger partial charge is 0.308 e. The first kappa shape index (κ1) is 24.8. The highest BCUT2D eigenvalue weighted by atomic mass is 32.1. The van der Waals surface area contributed by atoms with Crippen LogP contribution in [0.1, 0.15) is 0 Å². The molecule has 46 heavy (non-hydrogen) atoms. The van der Waals surface area contributed by atoms with Gasteiger partial charge in [-0.05, 0) is 48.5 Å². The van der Waals surface area contributed by atoms with Crippen molar-refractivity contribution in [1.29, 1.82) is 0 Å². The Balaban J connectivity index is 1.36. The Morgan fingerprint density at radius 1 is 0.326 bits per heavy atom. The van der Waals surface area contributed by atoms with E-state index in [1.165, 1.54) is 95.3 Å². The zero-order valence-electron chi connectivity index (χ0n) is 24.6. The standard InChI is InChI=1S/C42H24N2S2/c1-5-16-31-25(11-1)27-23-24-34-40(41(27)44(31)35-19-9-15-28-26-12-3-7-20-36(26)46-42(28)35)29-13-2-6-17-32(29)43(34)33-18-10-22-38-39(33)30-14-4-8-21-37(30)45-38/h1-24H. The number of para-hydroxylation sites is 2. The summed E-state index contributed by atoms with van der Waals surface area (Å²) in [6.07, 6.45) is 0. The topological polar surface area (TPSA) is 9.86 Å². The number of aromatic nitrogens is 2. The molecule has 0 unspecified atom stereocenters. The fraction of sp³-hybridized carbons (Fsp3) is 0. The molecule has 0 spiro atoms. The van der Waals surface area contributed by atoms with Gasteiger partial charge in [0, 0.05) is 57.2 Å². The summed E-state index contributed by atoms with van der Waals surface area (Å²) in [7, 11) is 0. The molecule has 0 bridgehead atoms. The average Bonchev–Trinajstić information content (AvgIpc) is 3.85. The van der Waals surface area contributed by atoms with E-state index in [0.717, 1.165) is 0 Å². The highest BCUT2D eigenvalue weighted by Crippen LogP contribution is 2.46. The van der Waals surface area contributed by atoms with E-state index in [9.17, 15) is 0 Å². The highest BCUT2D eigenvalue weighted by molar-refractivity contribution is 7.26. The maximum absolute atomic E-state index is 2.54. The molecule has 0 aliphatic carbocycles. The SMILES string of the molecule is c1ccc2c(c1)sc1c(-n3c4ccccc4c4ccc5c(c6ccccc6n5-c5cccc6sc7ccccc7c56)c43)cccc12. The van der Waals surface area contributed by atoms with Crippen LogP contribution >= 0.6 is 22.7 Å². The van der Waals surface area contributed by atoms with Crippen molar-refractivity contribution in [3.63, 3.8) is 0 Å². The number of thiophene rings is 2. The molecule has 0 saturated carbocycles. The predicted molar refractivity (Wildman–Crippen MR) is 201 cm³/mol. The molecule has 0 fully saturated rings. The van der Waals surface area contributed by atoms with Crippen molar-refractivity contribution < 1.29 is 0 Å². The molecule has 0 aliphatic heterocycles. The van der Waals surface area contributed by atoms with Crippen molar-refractivity contribution in [2.45, 2.75) is 0 Å². The van der Waals surface area contributed by atoms with Gasteiger partial charge >= 0.3 is 0 Å². The maximum Gasteiger partial charge on any atom is 0.0641 e. The van der Waals surface area contributed by atoms with Crippen molar-refractivity contribution in [3.05, 3.63) is 146 Å². The molecule has 7 aromatic carbocycles. The molecule has 0 saturated heterocycles. The van der Waals surface area contributed by atoms with Crippen LogP contribution in [0.15, 0.2) is 146 Å². The lowest BCUT2D eigenvalue weighted by Gasteiger charge is -2.12. The molecular weight excluding hydrogens is 597 g/mol. The average molecular weight is 621 g/mol. The summed E-state index contributed by atoms with van der Waals surface area (Å²) in [5.74, 6) is 0. The van der Waals surface area contributed by atoms with Crippen LogP contribution in [0.5, 0.6) is 0 Å². The predicted octanol–water partition coefficient (Wildman–Crippen LogP) is 12.6. The Labute approximate surface area is 271 Å². The number of fused-ring (bicyclic) bond motifs is 13. The molecule has 0 amide bonds. The van der Waals surface area contributed by atoms with Gasteiger partial charge in [0.2, 0.25) is 0 Å². The molecule has 2 nitrogen and oxygen atoms in total. The molecule has 4 aromatic heterocycles. The third-order valence-corrected chi connectivity index (χ3v) is 12.1. The van der Waals surface area contributed by atoms with Crippen molar-refractivity contribution >= 4 is 107 Å². The minimum absolute atomic E-state index is 1.23. The van der Waals surface area contributed by atoms with Crippen LogP contribution in [0, 0.1) is 0 Å². The van der Waals surface area contributed by atoms with Crippen molar-refractivity contribution in [3.8, 4) is 11.4 Å². The van der Waals surface area contributed by atoms with Crippen molar-refractivity contribution in [2.75, 3.05) is 0 Å². The third-order valence-electron chi connectivity index (χ3n) is 9.72. The first-order valence-corrected chi connectivity index (χ1v) is 17.2. The molecule has 4 heterocycles. The summed E-state index contributed by atoms with van der Waals surface area (Å²) >= 11 is 3.77. The van der Waals surface area contributed by atoms with Gasteiger partial charge in [0.05, 0.1) is 38.1 Å². The molecular formula is C42H24N2S2. The van der Waals surface area contributed by atoms with Crippen LogP contribution in [-0.4, -0.2) is 9.13 Å². The van der Waals surface area contributed by atoms with Crippen molar-refractivity contribution in [1.82, 2.24) is 9.13 Å². The zero-order valence-corrected chi connectivity index (χ0v) is 26.2. The Kier molecular flexibility index (Phi) is 4.90. The number of benzene rings is 7. The molecule has 11 aromatic rings. The fourth-order valence-electron chi connectivity index (χ4n) is 7.87. The Morgan fingerprint density at radius 2 is 0.935 bits per heavy atom. The quantitative estimate of drug-likeness (QED) is 0.182. The van der Waals surface area contributed by atoms with Gasteiger partial charge < -0.3 is 9.13 Å². The van der Waals surface area contributed by atoms with Crippen LogP contribution in [0.25, 0.3) is 95.3 Å². The van der Waals surface area contributed by atoms with Crippen LogP contribution < -0.4 is 0 Å². The number of rotatable bonds is 2. The normalized spacial score (nSPS) is 12.3. The van der Waals surface area contributed by atoms with E-state index in [4.69, 9.17) is 0 Å². The monoisotopic (exact) mass is 620 g/mol. The van der Waals surface area contributed by atoms with Crippen molar-refractivity contribution in [2.24, 2.45) is 0 Å². The minimum atomic E-state index is 1.23.